The Bertz CT molecular complexity index is 808. The molecule has 0 N–H and O–H groups in total. The molecule has 0 aliphatic rings. The van der Waals surface area contributed by atoms with E-state index in [-0.39, 0.29) is 5.41 Å². The third kappa shape index (κ3) is 4.92. The Morgan fingerprint density at radius 1 is 1.08 bits per heavy atom. The van der Waals surface area contributed by atoms with Crippen LogP contribution in [0.3, 0.4) is 0 Å². The number of methoxy groups -OCH3 is 1. The first-order valence-corrected chi connectivity index (χ1v) is 8.86. The molecule has 5 heteroatoms. The summed E-state index contributed by atoms with van der Waals surface area (Å²) >= 11 is 6.35. The van der Waals surface area contributed by atoms with Gasteiger partial charge in [-0.3, -0.25) is 0 Å². The van der Waals surface area contributed by atoms with Crippen LogP contribution in [-0.2, 0) is 5.41 Å². The summed E-state index contributed by atoms with van der Waals surface area (Å²) in [5.74, 6) is 2.01. The fourth-order valence-electron chi connectivity index (χ4n) is 2.48. The van der Waals surface area contributed by atoms with Crippen LogP contribution in [0, 0.1) is 6.92 Å². The highest BCUT2D eigenvalue weighted by Gasteiger charge is 2.19. The maximum absolute atomic E-state index is 6.35. The standard InChI is InChI=1S/C21H27ClN2O2/c1-14-10-20(19(25-7)12-18(14)23-13-24(5)6)26-15-8-9-17(22)16(11-15)21(2,3)4/h8-13H,1-7H3/b23-13+. The largest absolute Gasteiger partial charge is 0.493 e. The second-order valence-corrected chi connectivity index (χ2v) is 7.90. The monoisotopic (exact) mass is 374 g/mol. The van der Waals surface area contributed by atoms with Crippen molar-refractivity contribution in [2.24, 2.45) is 4.99 Å². The number of hydrogen-bond acceptors (Lipinski definition) is 3. The van der Waals surface area contributed by atoms with Gasteiger partial charge in [0.25, 0.3) is 0 Å². The van der Waals surface area contributed by atoms with E-state index in [1.807, 2.05) is 56.3 Å². The van der Waals surface area contributed by atoms with Crippen LogP contribution in [0.5, 0.6) is 17.2 Å². The maximum atomic E-state index is 6.35. The van der Waals surface area contributed by atoms with Crippen LogP contribution >= 0.6 is 11.6 Å². The minimum atomic E-state index is -0.0682. The lowest BCUT2D eigenvalue weighted by Gasteiger charge is -2.21. The molecule has 26 heavy (non-hydrogen) atoms. The lowest BCUT2D eigenvalue weighted by molar-refractivity contribution is 0.378. The average molecular weight is 375 g/mol. The third-order valence-electron chi connectivity index (χ3n) is 3.88. The number of nitrogens with zero attached hydrogens (tertiary/aromatic N) is 2. The molecule has 2 aromatic carbocycles. The molecule has 0 aliphatic heterocycles. The van der Waals surface area contributed by atoms with Gasteiger partial charge in [-0.25, -0.2) is 4.99 Å². The summed E-state index contributed by atoms with van der Waals surface area (Å²) in [7, 11) is 5.49. The highest BCUT2D eigenvalue weighted by Crippen LogP contribution is 2.39. The van der Waals surface area contributed by atoms with Crippen molar-refractivity contribution in [1.82, 2.24) is 4.90 Å². The van der Waals surface area contributed by atoms with Gasteiger partial charge in [0, 0.05) is 25.2 Å². The van der Waals surface area contributed by atoms with E-state index in [1.165, 1.54) is 0 Å². The van der Waals surface area contributed by atoms with E-state index < -0.39 is 0 Å². The maximum Gasteiger partial charge on any atom is 0.169 e. The van der Waals surface area contributed by atoms with Gasteiger partial charge in [-0.15, -0.1) is 0 Å². The van der Waals surface area contributed by atoms with E-state index in [9.17, 15) is 0 Å². The zero-order chi connectivity index (χ0) is 19.5. The number of halogens is 1. The summed E-state index contributed by atoms with van der Waals surface area (Å²) in [4.78, 5) is 6.35. The number of aliphatic imine (C=N–C) groups is 1. The molecule has 2 rings (SSSR count). The summed E-state index contributed by atoms with van der Waals surface area (Å²) in [6.45, 7) is 8.37. The van der Waals surface area contributed by atoms with E-state index in [1.54, 1.807) is 13.4 Å². The second kappa shape index (κ2) is 8.00. The predicted molar refractivity (Wildman–Crippen MR) is 110 cm³/mol. The Labute approximate surface area is 161 Å². The molecule has 0 saturated heterocycles. The molecule has 0 bridgehead atoms. The summed E-state index contributed by atoms with van der Waals surface area (Å²) in [6.07, 6.45) is 1.76. The van der Waals surface area contributed by atoms with Gasteiger partial charge in [-0.05, 0) is 47.7 Å². The van der Waals surface area contributed by atoms with Crippen molar-refractivity contribution in [2.45, 2.75) is 33.1 Å². The number of aryl methyl sites for hydroxylation is 1. The lowest BCUT2D eigenvalue weighted by Crippen LogP contribution is -2.11. The van der Waals surface area contributed by atoms with Gasteiger partial charge in [-0.2, -0.15) is 0 Å². The summed E-state index contributed by atoms with van der Waals surface area (Å²) in [5, 5.41) is 0.737. The fourth-order valence-corrected chi connectivity index (χ4v) is 2.88. The molecule has 0 saturated carbocycles. The fraction of sp³-hybridized carbons (Fsp3) is 0.381. The van der Waals surface area contributed by atoms with E-state index in [0.717, 1.165) is 27.6 Å². The van der Waals surface area contributed by atoms with E-state index >= 15 is 0 Å². The van der Waals surface area contributed by atoms with Crippen LogP contribution in [-0.4, -0.2) is 32.4 Å². The van der Waals surface area contributed by atoms with Gasteiger partial charge >= 0.3 is 0 Å². The van der Waals surface area contributed by atoms with Crippen LogP contribution in [0.2, 0.25) is 5.02 Å². The molecule has 4 nitrogen and oxygen atoms in total. The van der Waals surface area contributed by atoms with Gasteiger partial charge in [0.05, 0.1) is 19.1 Å². The summed E-state index contributed by atoms with van der Waals surface area (Å²) in [5.41, 5.74) is 2.82. The van der Waals surface area contributed by atoms with Crippen LogP contribution in [0.4, 0.5) is 5.69 Å². The van der Waals surface area contributed by atoms with Crippen molar-refractivity contribution in [2.75, 3.05) is 21.2 Å². The topological polar surface area (TPSA) is 34.1 Å². The minimum absolute atomic E-state index is 0.0682. The van der Waals surface area contributed by atoms with E-state index in [4.69, 9.17) is 21.1 Å². The van der Waals surface area contributed by atoms with Crippen molar-refractivity contribution < 1.29 is 9.47 Å². The molecule has 0 atom stereocenters. The van der Waals surface area contributed by atoms with Crippen LogP contribution in [0.15, 0.2) is 35.3 Å². The first kappa shape index (κ1) is 20.1. The number of benzene rings is 2. The SMILES string of the molecule is COc1cc(/N=C/N(C)C)c(C)cc1Oc1ccc(Cl)c(C(C)(C)C)c1. The Morgan fingerprint density at radius 2 is 1.77 bits per heavy atom. The molecule has 0 aromatic heterocycles. The minimum Gasteiger partial charge on any atom is -0.493 e. The van der Waals surface area contributed by atoms with Crippen molar-refractivity contribution >= 4 is 23.6 Å². The van der Waals surface area contributed by atoms with E-state index in [0.29, 0.717) is 11.5 Å². The van der Waals surface area contributed by atoms with Crippen molar-refractivity contribution in [3.05, 3.63) is 46.5 Å². The number of rotatable bonds is 5. The first-order chi connectivity index (χ1) is 12.1. The molecule has 140 valence electrons. The van der Waals surface area contributed by atoms with E-state index in [2.05, 4.69) is 25.8 Å². The quantitative estimate of drug-likeness (QED) is 0.477. The Morgan fingerprint density at radius 3 is 2.35 bits per heavy atom. The lowest BCUT2D eigenvalue weighted by atomic mass is 9.87. The van der Waals surface area contributed by atoms with Gasteiger partial charge in [0.15, 0.2) is 11.5 Å². The number of ether oxygens (including phenoxy) is 2. The highest BCUT2D eigenvalue weighted by molar-refractivity contribution is 6.31. The smallest absolute Gasteiger partial charge is 0.169 e. The molecule has 2 aromatic rings. The summed E-state index contributed by atoms with van der Waals surface area (Å²) in [6, 6.07) is 9.53. The molecular formula is C21H27ClN2O2. The summed E-state index contributed by atoms with van der Waals surface area (Å²) < 4.78 is 11.6. The third-order valence-corrected chi connectivity index (χ3v) is 4.21. The van der Waals surface area contributed by atoms with Gasteiger partial charge in [0.1, 0.15) is 5.75 Å². The molecule has 0 heterocycles. The molecule has 0 spiro atoms. The molecular weight excluding hydrogens is 348 g/mol. The molecule has 0 aliphatic carbocycles. The number of hydrogen-bond donors (Lipinski definition) is 0. The highest BCUT2D eigenvalue weighted by atomic mass is 35.5. The average Bonchev–Trinajstić information content (AvgIpc) is 2.54. The molecule has 0 unspecified atom stereocenters. The van der Waals surface area contributed by atoms with Gasteiger partial charge in [-0.1, -0.05) is 32.4 Å². The normalized spacial score (nSPS) is 11.7. The van der Waals surface area contributed by atoms with Gasteiger partial charge < -0.3 is 14.4 Å². The van der Waals surface area contributed by atoms with Gasteiger partial charge in [0.2, 0.25) is 0 Å². The first-order valence-electron chi connectivity index (χ1n) is 8.49. The second-order valence-electron chi connectivity index (χ2n) is 7.49. The zero-order valence-corrected chi connectivity index (χ0v) is 17.3. The molecule has 0 radical (unpaired) electrons. The Balaban J connectivity index is 2.39. The van der Waals surface area contributed by atoms with Crippen LogP contribution in [0.1, 0.15) is 31.9 Å². The van der Waals surface area contributed by atoms with Crippen molar-refractivity contribution in [3.8, 4) is 17.2 Å². The molecule has 0 amide bonds. The molecule has 0 fully saturated rings. The Hall–Kier alpha value is -2.20. The zero-order valence-electron chi connectivity index (χ0n) is 16.6. The predicted octanol–water partition coefficient (Wildman–Crippen LogP) is 5.97. The van der Waals surface area contributed by atoms with Crippen LogP contribution in [0.25, 0.3) is 0 Å². The van der Waals surface area contributed by atoms with Crippen molar-refractivity contribution in [1.29, 1.82) is 0 Å². The van der Waals surface area contributed by atoms with Crippen molar-refractivity contribution in [3.63, 3.8) is 0 Å². The Kier molecular flexibility index (Phi) is 6.19. The van der Waals surface area contributed by atoms with Crippen LogP contribution < -0.4 is 9.47 Å².